The highest BCUT2D eigenvalue weighted by Crippen LogP contribution is 2.20. The van der Waals surface area contributed by atoms with Crippen LogP contribution in [0.2, 0.25) is 5.02 Å². The van der Waals surface area contributed by atoms with E-state index in [2.05, 4.69) is 10.6 Å². The van der Waals surface area contributed by atoms with Gasteiger partial charge in [-0.3, -0.25) is 9.59 Å². The van der Waals surface area contributed by atoms with Crippen LogP contribution in [-0.4, -0.2) is 31.1 Å². The van der Waals surface area contributed by atoms with E-state index in [9.17, 15) is 14.4 Å². The zero-order valence-corrected chi connectivity index (χ0v) is 16.7. The van der Waals surface area contributed by atoms with Crippen molar-refractivity contribution in [3.05, 3.63) is 59.1 Å². The van der Waals surface area contributed by atoms with E-state index in [1.165, 1.54) is 6.92 Å². The Morgan fingerprint density at radius 2 is 1.69 bits per heavy atom. The Bertz CT molecular complexity index is 855. The highest BCUT2D eigenvalue weighted by Gasteiger charge is 2.23. The zero-order valence-electron chi connectivity index (χ0n) is 16.0. The molecule has 0 saturated carbocycles. The second-order valence-electron chi connectivity index (χ2n) is 6.17. The standard InChI is InChI=1S/C20H22ClN3O5/c1-12(19(26)23-15-7-9-16(28-2)10-8-15)29-18(25)11-17(24-20(22)27)13-3-5-14(21)6-4-13/h3-10,12,17H,11H2,1-2H3,(H,23,26)(H3,22,24,27)/t12-,17+/m1/s1. The van der Waals surface area contributed by atoms with E-state index in [1.54, 1.807) is 55.6 Å². The number of rotatable bonds is 8. The van der Waals surface area contributed by atoms with Crippen LogP contribution in [0.4, 0.5) is 10.5 Å². The lowest BCUT2D eigenvalue weighted by Crippen LogP contribution is -2.36. The van der Waals surface area contributed by atoms with Crippen molar-refractivity contribution in [2.45, 2.75) is 25.5 Å². The van der Waals surface area contributed by atoms with Crippen molar-refractivity contribution in [1.29, 1.82) is 0 Å². The van der Waals surface area contributed by atoms with Crippen LogP contribution in [0.25, 0.3) is 0 Å². The molecule has 0 bridgehead atoms. The fourth-order valence-corrected chi connectivity index (χ4v) is 2.63. The van der Waals surface area contributed by atoms with Crippen LogP contribution in [0.15, 0.2) is 48.5 Å². The molecule has 9 heteroatoms. The topological polar surface area (TPSA) is 120 Å². The van der Waals surface area contributed by atoms with Gasteiger partial charge >= 0.3 is 12.0 Å². The van der Waals surface area contributed by atoms with Crippen molar-refractivity contribution in [2.75, 3.05) is 12.4 Å². The Balaban J connectivity index is 1.95. The maximum Gasteiger partial charge on any atom is 0.312 e. The largest absolute Gasteiger partial charge is 0.497 e. The van der Waals surface area contributed by atoms with Crippen molar-refractivity contribution < 1.29 is 23.9 Å². The second kappa shape index (κ2) is 10.3. The number of hydrogen-bond acceptors (Lipinski definition) is 5. The number of esters is 1. The third kappa shape index (κ3) is 7.00. The monoisotopic (exact) mass is 419 g/mol. The third-order valence-corrected chi connectivity index (χ3v) is 4.25. The first kappa shape index (κ1) is 22.0. The fraction of sp³-hybridized carbons (Fsp3) is 0.250. The molecule has 2 aromatic carbocycles. The van der Waals surface area contributed by atoms with Gasteiger partial charge in [0.25, 0.3) is 5.91 Å². The summed E-state index contributed by atoms with van der Waals surface area (Å²) in [6.45, 7) is 1.45. The number of carbonyl (C=O) groups excluding carboxylic acids is 3. The number of ether oxygens (including phenoxy) is 2. The van der Waals surface area contributed by atoms with Crippen LogP contribution in [-0.2, 0) is 14.3 Å². The van der Waals surface area contributed by atoms with E-state index in [4.69, 9.17) is 26.8 Å². The van der Waals surface area contributed by atoms with Gasteiger partial charge < -0.3 is 25.8 Å². The third-order valence-electron chi connectivity index (χ3n) is 3.99. The molecule has 29 heavy (non-hydrogen) atoms. The lowest BCUT2D eigenvalue weighted by Gasteiger charge is -2.19. The molecule has 0 heterocycles. The quantitative estimate of drug-likeness (QED) is 0.568. The maximum absolute atomic E-state index is 12.3. The van der Waals surface area contributed by atoms with Crippen molar-refractivity contribution in [1.82, 2.24) is 5.32 Å². The number of halogens is 1. The molecule has 154 valence electrons. The number of hydrogen-bond donors (Lipinski definition) is 3. The van der Waals surface area contributed by atoms with Gasteiger partial charge in [-0.2, -0.15) is 0 Å². The molecule has 0 unspecified atom stereocenters. The van der Waals surface area contributed by atoms with E-state index in [-0.39, 0.29) is 6.42 Å². The Kier molecular flexibility index (Phi) is 7.85. The molecule has 2 rings (SSSR count). The number of anilines is 1. The predicted molar refractivity (Wildman–Crippen MR) is 109 cm³/mol. The molecule has 0 radical (unpaired) electrons. The van der Waals surface area contributed by atoms with Gasteiger partial charge in [-0.25, -0.2) is 4.79 Å². The maximum atomic E-state index is 12.3. The summed E-state index contributed by atoms with van der Waals surface area (Å²) in [6, 6.07) is 11.8. The molecule has 2 atom stereocenters. The van der Waals surface area contributed by atoms with E-state index in [1.807, 2.05) is 0 Å². The van der Waals surface area contributed by atoms with Gasteiger partial charge in [0.05, 0.1) is 19.6 Å². The van der Waals surface area contributed by atoms with Gasteiger partial charge in [0, 0.05) is 10.7 Å². The van der Waals surface area contributed by atoms with Crippen molar-refractivity contribution in [3.63, 3.8) is 0 Å². The molecule has 0 aliphatic rings. The van der Waals surface area contributed by atoms with Crippen LogP contribution in [0.5, 0.6) is 5.75 Å². The minimum Gasteiger partial charge on any atom is -0.497 e. The molecule has 2 aromatic rings. The highest BCUT2D eigenvalue weighted by atomic mass is 35.5. The number of methoxy groups -OCH3 is 1. The molecule has 8 nitrogen and oxygen atoms in total. The van der Waals surface area contributed by atoms with Crippen molar-refractivity contribution in [2.24, 2.45) is 5.73 Å². The van der Waals surface area contributed by atoms with Crippen LogP contribution >= 0.6 is 11.6 Å². The van der Waals surface area contributed by atoms with Gasteiger partial charge in [-0.05, 0) is 48.9 Å². The van der Waals surface area contributed by atoms with Gasteiger partial charge in [0.1, 0.15) is 5.75 Å². The molecule has 0 aromatic heterocycles. The first-order valence-electron chi connectivity index (χ1n) is 8.74. The first-order chi connectivity index (χ1) is 13.8. The molecule has 3 amide bonds. The van der Waals surface area contributed by atoms with E-state index in [0.29, 0.717) is 22.0 Å². The minimum atomic E-state index is -1.04. The molecule has 4 N–H and O–H groups in total. The summed E-state index contributed by atoms with van der Waals surface area (Å²) in [5.41, 5.74) is 6.35. The SMILES string of the molecule is COc1ccc(NC(=O)[C@@H](C)OC(=O)C[C@H](NC(N)=O)c2ccc(Cl)cc2)cc1. The number of nitrogens with two attached hydrogens (primary N) is 1. The van der Waals surface area contributed by atoms with E-state index in [0.717, 1.165) is 0 Å². The van der Waals surface area contributed by atoms with Crippen molar-refractivity contribution >= 4 is 35.2 Å². The molecule has 0 saturated heterocycles. The minimum absolute atomic E-state index is 0.204. The number of primary amides is 1. The molecule has 0 aliphatic heterocycles. The lowest BCUT2D eigenvalue weighted by molar-refractivity contribution is -0.153. The summed E-state index contributed by atoms with van der Waals surface area (Å²) in [4.78, 5) is 35.8. The Hall–Kier alpha value is -3.26. The van der Waals surface area contributed by atoms with Gasteiger partial charge in [0.2, 0.25) is 0 Å². The van der Waals surface area contributed by atoms with Crippen LogP contribution < -0.4 is 21.1 Å². The average Bonchev–Trinajstić information content (AvgIpc) is 2.68. The number of urea groups is 1. The van der Waals surface area contributed by atoms with Crippen LogP contribution in [0.1, 0.15) is 24.9 Å². The molecular weight excluding hydrogens is 398 g/mol. The molecule has 0 spiro atoms. The summed E-state index contributed by atoms with van der Waals surface area (Å²) in [5, 5.41) is 5.64. The van der Waals surface area contributed by atoms with Crippen molar-refractivity contribution in [3.8, 4) is 5.75 Å². The first-order valence-corrected chi connectivity index (χ1v) is 9.12. The van der Waals surface area contributed by atoms with E-state index < -0.39 is 30.1 Å². The summed E-state index contributed by atoms with van der Waals surface area (Å²) >= 11 is 5.86. The predicted octanol–water partition coefficient (Wildman–Crippen LogP) is 3.02. The highest BCUT2D eigenvalue weighted by molar-refractivity contribution is 6.30. The molecule has 0 fully saturated rings. The number of carbonyl (C=O) groups is 3. The summed E-state index contributed by atoms with van der Waals surface area (Å²) in [6.07, 6.45) is -1.24. The molecule has 0 aliphatic carbocycles. The zero-order chi connectivity index (χ0) is 21.4. The van der Waals surface area contributed by atoms with E-state index >= 15 is 0 Å². The number of nitrogens with one attached hydrogen (secondary N) is 2. The van der Waals surface area contributed by atoms with Gasteiger partial charge in [0.15, 0.2) is 6.10 Å². The Morgan fingerprint density at radius 1 is 1.07 bits per heavy atom. The summed E-state index contributed by atoms with van der Waals surface area (Å²) in [5.74, 6) is -0.511. The molecular formula is C20H22ClN3O5. The van der Waals surface area contributed by atoms with Crippen LogP contribution in [0.3, 0.4) is 0 Å². The van der Waals surface area contributed by atoms with Gasteiger partial charge in [-0.1, -0.05) is 23.7 Å². The summed E-state index contributed by atoms with van der Waals surface area (Å²) < 4.78 is 10.2. The Labute approximate surface area is 173 Å². The number of benzene rings is 2. The normalized spacial score (nSPS) is 12.4. The number of amides is 3. The smallest absolute Gasteiger partial charge is 0.312 e. The summed E-state index contributed by atoms with van der Waals surface area (Å²) in [7, 11) is 1.54. The average molecular weight is 420 g/mol. The van der Waals surface area contributed by atoms with Crippen LogP contribution in [0, 0.1) is 0 Å². The lowest BCUT2D eigenvalue weighted by atomic mass is 10.0. The second-order valence-corrected chi connectivity index (χ2v) is 6.60. The Morgan fingerprint density at radius 3 is 2.24 bits per heavy atom. The fourth-order valence-electron chi connectivity index (χ4n) is 2.50. The van der Waals surface area contributed by atoms with Gasteiger partial charge in [-0.15, -0.1) is 0 Å².